The van der Waals surface area contributed by atoms with Crippen molar-refractivity contribution in [3.8, 4) is 0 Å². The molecule has 1 unspecified atom stereocenters. The van der Waals surface area contributed by atoms with Gasteiger partial charge in [-0.05, 0) is 48.2 Å². The number of aliphatic hydroxyl groups is 1. The molecule has 0 aliphatic carbocycles. The predicted molar refractivity (Wildman–Crippen MR) is 68.9 cm³/mol. The zero-order valence-corrected chi connectivity index (χ0v) is 10.9. The van der Waals surface area contributed by atoms with E-state index >= 15 is 0 Å². The number of aliphatic hydroxyl groups excluding tert-OH is 1. The molecule has 0 saturated carbocycles. The quantitative estimate of drug-likeness (QED) is 0.868. The van der Waals surface area contributed by atoms with Crippen LogP contribution in [0.5, 0.6) is 0 Å². The first-order valence-electron chi connectivity index (χ1n) is 6.31. The molecule has 0 aliphatic heterocycles. The van der Waals surface area contributed by atoms with Crippen LogP contribution in [-0.4, -0.2) is 10.1 Å². The first-order valence-corrected chi connectivity index (χ1v) is 6.31. The molecule has 1 heterocycles. The number of aromatic nitrogens is 1. The second-order valence-electron chi connectivity index (χ2n) is 4.65. The van der Waals surface area contributed by atoms with Crippen LogP contribution >= 0.6 is 0 Å². The largest absolute Gasteiger partial charge is 0.419 e. The van der Waals surface area contributed by atoms with Gasteiger partial charge >= 0.3 is 6.18 Å². The molecule has 1 aromatic heterocycles. The van der Waals surface area contributed by atoms with E-state index in [-0.39, 0.29) is 12.0 Å². The average molecular weight is 299 g/mol. The predicted octanol–water partition coefficient (Wildman–Crippen LogP) is 3.91. The van der Waals surface area contributed by atoms with Crippen molar-refractivity contribution in [2.24, 2.45) is 0 Å². The van der Waals surface area contributed by atoms with Gasteiger partial charge in [0, 0.05) is 12.4 Å². The molecule has 0 amide bonds. The van der Waals surface area contributed by atoms with Crippen LogP contribution in [0.4, 0.5) is 17.6 Å². The van der Waals surface area contributed by atoms with Crippen molar-refractivity contribution in [1.29, 1.82) is 0 Å². The normalized spacial score (nSPS) is 13.2. The smallest absolute Gasteiger partial charge is 0.388 e. The van der Waals surface area contributed by atoms with Crippen LogP contribution in [0.15, 0.2) is 42.7 Å². The standard InChI is InChI=1S/C15H13F4NO/c16-13-9-11(2-3-12(13)15(17,18)19)14(21)4-1-10-5-7-20-8-6-10/h2-3,5-9,14,21H,1,4H2. The van der Waals surface area contributed by atoms with Gasteiger partial charge in [-0.1, -0.05) is 6.07 Å². The Kier molecular flexibility index (Phi) is 4.57. The van der Waals surface area contributed by atoms with Gasteiger partial charge in [0.1, 0.15) is 5.82 Å². The molecule has 0 spiro atoms. The highest BCUT2D eigenvalue weighted by molar-refractivity contribution is 5.28. The second kappa shape index (κ2) is 6.22. The molecule has 21 heavy (non-hydrogen) atoms. The van der Waals surface area contributed by atoms with Crippen LogP contribution in [0.25, 0.3) is 0 Å². The third kappa shape index (κ3) is 4.01. The summed E-state index contributed by atoms with van der Waals surface area (Å²) in [5, 5.41) is 9.94. The highest BCUT2D eigenvalue weighted by atomic mass is 19.4. The zero-order chi connectivity index (χ0) is 15.5. The van der Waals surface area contributed by atoms with E-state index in [2.05, 4.69) is 4.98 Å². The third-order valence-electron chi connectivity index (χ3n) is 3.14. The molecular weight excluding hydrogens is 286 g/mol. The number of hydrogen-bond acceptors (Lipinski definition) is 2. The van der Waals surface area contributed by atoms with Gasteiger partial charge in [-0.2, -0.15) is 13.2 Å². The monoisotopic (exact) mass is 299 g/mol. The topological polar surface area (TPSA) is 33.1 Å². The van der Waals surface area contributed by atoms with Crippen LogP contribution in [0, 0.1) is 5.82 Å². The molecule has 1 aromatic carbocycles. The number of hydrogen-bond donors (Lipinski definition) is 1. The summed E-state index contributed by atoms with van der Waals surface area (Å²) in [6.45, 7) is 0. The van der Waals surface area contributed by atoms with Crippen molar-refractivity contribution in [3.63, 3.8) is 0 Å². The van der Waals surface area contributed by atoms with Crippen LogP contribution < -0.4 is 0 Å². The van der Waals surface area contributed by atoms with Crippen molar-refractivity contribution in [2.75, 3.05) is 0 Å². The molecule has 2 nitrogen and oxygen atoms in total. The fourth-order valence-electron chi connectivity index (χ4n) is 1.99. The lowest BCUT2D eigenvalue weighted by Crippen LogP contribution is -2.09. The fraction of sp³-hybridized carbons (Fsp3) is 0.267. The Labute approximate surface area is 119 Å². The van der Waals surface area contributed by atoms with Gasteiger partial charge in [-0.15, -0.1) is 0 Å². The molecule has 1 atom stereocenters. The first-order chi connectivity index (χ1) is 9.88. The number of alkyl halides is 3. The van der Waals surface area contributed by atoms with E-state index < -0.39 is 23.7 Å². The summed E-state index contributed by atoms with van der Waals surface area (Å²) in [6, 6.07) is 6.05. The lowest BCUT2D eigenvalue weighted by atomic mass is 10.0. The van der Waals surface area contributed by atoms with Gasteiger partial charge in [-0.3, -0.25) is 4.98 Å². The third-order valence-corrected chi connectivity index (χ3v) is 3.14. The van der Waals surface area contributed by atoms with Crippen LogP contribution in [-0.2, 0) is 12.6 Å². The van der Waals surface area contributed by atoms with E-state index in [0.717, 1.165) is 17.7 Å². The summed E-state index contributed by atoms with van der Waals surface area (Å²) in [5.41, 5.74) is -0.251. The number of halogens is 4. The minimum atomic E-state index is -4.73. The highest BCUT2D eigenvalue weighted by Gasteiger charge is 2.34. The zero-order valence-electron chi connectivity index (χ0n) is 10.9. The van der Waals surface area contributed by atoms with Gasteiger partial charge in [0.25, 0.3) is 0 Å². The van der Waals surface area contributed by atoms with E-state index in [4.69, 9.17) is 0 Å². The molecular formula is C15H13F4NO. The Bertz CT molecular complexity index is 598. The Morgan fingerprint density at radius 1 is 1.10 bits per heavy atom. The number of rotatable bonds is 4. The lowest BCUT2D eigenvalue weighted by molar-refractivity contribution is -0.140. The Morgan fingerprint density at radius 2 is 1.76 bits per heavy atom. The molecule has 0 radical (unpaired) electrons. The van der Waals surface area contributed by atoms with Gasteiger partial charge in [0.15, 0.2) is 0 Å². The van der Waals surface area contributed by atoms with Crippen molar-refractivity contribution in [1.82, 2.24) is 4.98 Å². The summed E-state index contributed by atoms with van der Waals surface area (Å²) in [7, 11) is 0. The summed E-state index contributed by atoms with van der Waals surface area (Å²) in [6.07, 6.45) is -1.72. The van der Waals surface area contributed by atoms with E-state index in [0.29, 0.717) is 12.5 Å². The van der Waals surface area contributed by atoms with Crippen LogP contribution in [0.2, 0.25) is 0 Å². The first kappa shape index (κ1) is 15.4. The van der Waals surface area contributed by atoms with Crippen molar-refractivity contribution >= 4 is 0 Å². The maximum absolute atomic E-state index is 13.4. The number of aryl methyl sites for hydroxylation is 1. The van der Waals surface area contributed by atoms with Crippen molar-refractivity contribution in [3.05, 3.63) is 65.2 Å². The Hall–Kier alpha value is -1.95. The van der Waals surface area contributed by atoms with Crippen LogP contribution in [0.1, 0.15) is 29.2 Å². The summed E-state index contributed by atoms with van der Waals surface area (Å²) >= 11 is 0. The summed E-state index contributed by atoms with van der Waals surface area (Å²) in [4.78, 5) is 3.86. The van der Waals surface area contributed by atoms with Crippen molar-refractivity contribution < 1.29 is 22.7 Å². The molecule has 112 valence electrons. The minimum Gasteiger partial charge on any atom is -0.388 e. The van der Waals surface area contributed by atoms with E-state index in [9.17, 15) is 22.7 Å². The Balaban J connectivity index is 2.06. The second-order valence-corrected chi connectivity index (χ2v) is 4.65. The number of nitrogens with zero attached hydrogens (tertiary/aromatic N) is 1. The van der Waals surface area contributed by atoms with E-state index in [1.165, 1.54) is 0 Å². The van der Waals surface area contributed by atoms with Gasteiger partial charge in [-0.25, -0.2) is 4.39 Å². The van der Waals surface area contributed by atoms with Crippen LogP contribution in [0.3, 0.4) is 0 Å². The molecule has 0 fully saturated rings. The van der Waals surface area contributed by atoms with Gasteiger partial charge < -0.3 is 5.11 Å². The summed E-state index contributed by atoms with van der Waals surface area (Å²) in [5.74, 6) is -1.37. The number of pyridine rings is 1. The molecule has 0 saturated heterocycles. The maximum atomic E-state index is 13.4. The molecule has 0 aliphatic rings. The highest BCUT2D eigenvalue weighted by Crippen LogP contribution is 2.32. The SMILES string of the molecule is OC(CCc1ccncc1)c1ccc(C(F)(F)F)c(F)c1. The van der Waals surface area contributed by atoms with E-state index in [1.807, 2.05) is 0 Å². The van der Waals surface area contributed by atoms with Gasteiger partial charge in [0.05, 0.1) is 11.7 Å². The molecule has 2 aromatic rings. The summed E-state index contributed by atoms with van der Waals surface area (Å²) < 4.78 is 50.8. The maximum Gasteiger partial charge on any atom is 0.419 e. The minimum absolute atomic E-state index is 0.134. The Morgan fingerprint density at radius 3 is 2.33 bits per heavy atom. The molecule has 6 heteroatoms. The number of benzene rings is 1. The lowest BCUT2D eigenvalue weighted by Gasteiger charge is -2.13. The van der Waals surface area contributed by atoms with Gasteiger partial charge in [0.2, 0.25) is 0 Å². The average Bonchev–Trinajstić information content (AvgIpc) is 2.44. The molecule has 0 bridgehead atoms. The van der Waals surface area contributed by atoms with Crippen molar-refractivity contribution in [2.45, 2.75) is 25.1 Å². The van der Waals surface area contributed by atoms with E-state index in [1.54, 1.807) is 24.5 Å². The molecule has 1 N–H and O–H groups in total. The molecule has 2 rings (SSSR count). The fourth-order valence-corrected chi connectivity index (χ4v) is 1.99.